The summed E-state index contributed by atoms with van der Waals surface area (Å²) in [5, 5.41) is 14.6. The zero-order valence-electron chi connectivity index (χ0n) is 13.4. The van der Waals surface area contributed by atoms with Crippen molar-refractivity contribution in [3.63, 3.8) is 0 Å². The Morgan fingerprint density at radius 3 is 2.68 bits per heavy atom. The van der Waals surface area contributed by atoms with Crippen molar-refractivity contribution in [2.75, 3.05) is 14.2 Å². The first-order chi connectivity index (χ1) is 12.0. The first kappa shape index (κ1) is 18.4. The van der Waals surface area contributed by atoms with Gasteiger partial charge in [0.2, 0.25) is 0 Å². The number of nitro groups is 1. The predicted molar refractivity (Wildman–Crippen MR) is 95.4 cm³/mol. The highest BCUT2D eigenvalue weighted by Gasteiger charge is 2.11. The second-order valence-corrected chi connectivity index (χ2v) is 5.60. The minimum absolute atomic E-state index is 0.139. The maximum Gasteiger partial charge on any atom is 0.271 e. The van der Waals surface area contributed by atoms with Crippen molar-refractivity contribution < 1.29 is 19.2 Å². The van der Waals surface area contributed by atoms with E-state index in [1.165, 1.54) is 44.7 Å². The van der Waals surface area contributed by atoms with E-state index in [1.54, 1.807) is 12.1 Å². The fraction of sp³-hybridized carbons (Fsp3) is 0.125. The van der Waals surface area contributed by atoms with E-state index < -0.39 is 10.8 Å². The third-order valence-electron chi connectivity index (χ3n) is 3.15. The van der Waals surface area contributed by atoms with Crippen LogP contribution in [0.4, 0.5) is 5.69 Å². The van der Waals surface area contributed by atoms with Crippen LogP contribution in [0.25, 0.3) is 0 Å². The Labute approximate surface area is 151 Å². The number of benzene rings is 2. The molecule has 25 heavy (non-hydrogen) atoms. The molecule has 1 N–H and O–H groups in total. The number of ether oxygens (including phenoxy) is 2. The molecule has 0 aliphatic heterocycles. The highest BCUT2D eigenvalue weighted by molar-refractivity contribution is 9.10. The van der Waals surface area contributed by atoms with Crippen molar-refractivity contribution in [3.8, 4) is 11.5 Å². The number of hydrazone groups is 1. The quantitative estimate of drug-likeness (QED) is 0.450. The number of carbonyl (C=O) groups excluding carboxylic acids is 1. The molecule has 0 aromatic heterocycles. The van der Waals surface area contributed by atoms with Crippen LogP contribution < -0.4 is 14.9 Å². The predicted octanol–water partition coefficient (Wildman–Crippen LogP) is 3.14. The zero-order valence-corrected chi connectivity index (χ0v) is 14.9. The molecule has 0 saturated heterocycles. The molecule has 8 nitrogen and oxygen atoms in total. The van der Waals surface area contributed by atoms with Crippen molar-refractivity contribution in [2.24, 2.45) is 5.10 Å². The topological polar surface area (TPSA) is 103 Å². The van der Waals surface area contributed by atoms with Crippen molar-refractivity contribution in [3.05, 3.63) is 62.1 Å². The standard InChI is InChI=1S/C16H14BrN3O5/c1-24-14-7-10(6-13(17)15(14)25-2)9-18-19-16(21)11-4-3-5-12(8-11)20(22)23/h3-9H,1-2H3,(H,19,21). The van der Waals surface area contributed by atoms with Gasteiger partial charge in [-0.2, -0.15) is 5.10 Å². The van der Waals surface area contributed by atoms with E-state index >= 15 is 0 Å². The monoisotopic (exact) mass is 407 g/mol. The number of hydrogen-bond acceptors (Lipinski definition) is 6. The molecule has 0 spiro atoms. The fourth-order valence-electron chi connectivity index (χ4n) is 2.00. The minimum atomic E-state index is -0.568. The lowest BCUT2D eigenvalue weighted by Crippen LogP contribution is -2.17. The molecule has 0 saturated carbocycles. The van der Waals surface area contributed by atoms with Crippen molar-refractivity contribution >= 4 is 33.7 Å². The number of rotatable bonds is 6. The number of methoxy groups -OCH3 is 2. The van der Waals surface area contributed by atoms with Gasteiger partial charge in [0.1, 0.15) is 0 Å². The smallest absolute Gasteiger partial charge is 0.271 e. The van der Waals surface area contributed by atoms with E-state index in [0.29, 0.717) is 21.5 Å². The maximum atomic E-state index is 12.0. The zero-order chi connectivity index (χ0) is 18.4. The summed E-state index contributed by atoms with van der Waals surface area (Å²) in [7, 11) is 3.03. The molecule has 0 fully saturated rings. The van der Waals surface area contributed by atoms with Gasteiger partial charge >= 0.3 is 0 Å². The molecule has 0 aliphatic carbocycles. The Morgan fingerprint density at radius 2 is 2.04 bits per heavy atom. The van der Waals surface area contributed by atoms with Crippen molar-refractivity contribution in [1.82, 2.24) is 5.43 Å². The van der Waals surface area contributed by atoms with Gasteiger partial charge in [0.25, 0.3) is 11.6 Å². The molecule has 0 radical (unpaired) electrons. The van der Waals surface area contributed by atoms with Gasteiger partial charge in [-0.25, -0.2) is 5.43 Å². The largest absolute Gasteiger partial charge is 0.493 e. The van der Waals surface area contributed by atoms with Crippen molar-refractivity contribution in [2.45, 2.75) is 0 Å². The van der Waals surface area contributed by atoms with Gasteiger partial charge in [-0.05, 0) is 39.7 Å². The lowest BCUT2D eigenvalue weighted by Gasteiger charge is -2.10. The summed E-state index contributed by atoms with van der Waals surface area (Å²) in [6, 6.07) is 8.81. The van der Waals surface area contributed by atoms with Gasteiger partial charge in [-0.15, -0.1) is 0 Å². The van der Waals surface area contributed by atoms with Gasteiger partial charge < -0.3 is 9.47 Å². The molecule has 0 aliphatic rings. The molecular formula is C16H14BrN3O5. The molecule has 0 unspecified atom stereocenters. The summed E-state index contributed by atoms with van der Waals surface area (Å²) in [6.07, 6.45) is 1.42. The first-order valence-corrected chi connectivity index (χ1v) is 7.75. The summed E-state index contributed by atoms with van der Waals surface area (Å²) in [4.78, 5) is 22.2. The van der Waals surface area contributed by atoms with Crippen molar-refractivity contribution in [1.29, 1.82) is 0 Å². The van der Waals surface area contributed by atoms with Crippen LogP contribution in [0.3, 0.4) is 0 Å². The molecule has 0 atom stereocenters. The minimum Gasteiger partial charge on any atom is -0.493 e. The Hall–Kier alpha value is -2.94. The SMILES string of the molecule is COc1cc(C=NNC(=O)c2cccc([N+](=O)[O-])c2)cc(Br)c1OC. The molecule has 2 aromatic rings. The highest BCUT2D eigenvalue weighted by atomic mass is 79.9. The molecule has 130 valence electrons. The van der Waals surface area contributed by atoms with E-state index in [-0.39, 0.29) is 11.3 Å². The van der Waals surface area contributed by atoms with Gasteiger partial charge in [-0.1, -0.05) is 6.07 Å². The van der Waals surface area contributed by atoms with Crippen LogP contribution in [0.15, 0.2) is 46.0 Å². The molecule has 9 heteroatoms. The van der Waals surface area contributed by atoms with Gasteiger partial charge in [0.05, 0.1) is 29.8 Å². The number of nitrogens with one attached hydrogen (secondary N) is 1. The van der Waals surface area contributed by atoms with Crippen LogP contribution in [-0.4, -0.2) is 31.3 Å². The van der Waals surface area contributed by atoms with E-state index in [1.807, 2.05) is 0 Å². The summed E-state index contributed by atoms with van der Waals surface area (Å²) in [5.74, 6) is 0.489. The molecule has 2 aromatic carbocycles. The lowest BCUT2D eigenvalue weighted by molar-refractivity contribution is -0.384. The number of non-ortho nitro benzene ring substituents is 1. The number of carbonyl (C=O) groups is 1. The van der Waals surface area contributed by atoms with Crippen LogP contribution in [0, 0.1) is 10.1 Å². The number of halogens is 1. The van der Waals surface area contributed by atoms with Gasteiger partial charge in [0, 0.05) is 17.7 Å². The molecule has 2 rings (SSSR count). The second-order valence-electron chi connectivity index (χ2n) is 4.74. The molecular weight excluding hydrogens is 394 g/mol. The molecule has 0 heterocycles. The third kappa shape index (κ3) is 4.54. The molecule has 0 bridgehead atoms. The fourth-order valence-corrected chi connectivity index (χ4v) is 2.62. The molecule has 1 amide bonds. The second kappa shape index (κ2) is 8.25. The van der Waals surface area contributed by atoms with Gasteiger partial charge in [-0.3, -0.25) is 14.9 Å². The van der Waals surface area contributed by atoms with E-state index in [0.717, 1.165) is 0 Å². The average Bonchev–Trinajstić information content (AvgIpc) is 2.61. The third-order valence-corrected chi connectivity index (χ3v) is 3.74. The first-order valence-electron chi connectivity index (χ1n) is 6.95. The Kier molecular flexibility index (Phi) is 6.07. The summed E-state index contributed by atoms with van der Waals surface area (Å²) < 4.78 is 11.1. The van der Waals surface area contributed by atoms with E-state index in [9.17, 15) is 14.9 Å². The highest BCUT2D eigenvalue weighted by Crippen LogP contribution is 2.35. The normalized spacial score (nSPS) is 10.5. The van der Waals surface area contributed by atoms with Crippen LogP contribution >= 0.6 is 15.9 Å². The number of nitrogens with zero attached hydrogens (tertiary/aromatic N) is 2. The Balaban J connectivity index is 2.13. The summed E-state index contributed by atoms with van der Waals surface area (Å²) >= 11 is 3.36. The van der Waals surface area contributed by atoms with E-state index in [2.05, 4.69) is 26.5 Å². The van der Waals surface area contributed by atoms with E-state index in [4.69, 9.17) is 9.47 Å². The number of nitro benzene ring substituents is 1. The van der Waals surface area contributed by atoms with Crippen LogP contribution in [0.2, 0.25) is 0 Å². The maximum absolute atomic E-state index is 12.0. The Bertz CT molecular complexity index is 839. The van der Waals surface area contributed by atoms with Crippen LogP contribution in [0.5, 0.6) is 11.5 Å². The Morgan fingerprint density at radius 1 is 1.28 bits per heavy atom. The van der Waals surface area contributed by atoms with Crippen LogP contribution in [-0.2, 0) is 0 Å². The lowest BCUT2D eigenvalue weighted by atomic mass is 10.2. The van der Waals surface area contributed by atoms with Crippen LogP contribution in [0.1, 0.15) is 15.9 Å². The summed E-state index contributed by atoms with van der Waals surface area (Å²) in [6.45, 7) is 0. The number of hydrogen-bond donors (Lipinski definition) is 1. The average molecular weight is 408 g/mol. The number of amides is 1. The summed E-state index contributed by atoms with van der Waals surface area (Å²) in [5.41, 5.74) is 2.95. The van der Waals surface area contributed by atoms with Gasteiger partial charge in [0.15, 0.2) is 11.5 Å².